The molecule has 0 spiro atoms. The molecule has 38 heavy (non-hydrogen) atoms. The van der Waals surface area contributed by atoms with Gasteiger partial charge in [0.1, 0.15) is 22.8 Å². The summed E-state index contributed by atoms with van der Waals surface area (Å²) in [6, 6.07) is 19.4. The fourth-order valence-corrected chi connectivity index (χ4v) is 3.64. The fraction of sp³-hybridized carbons (Fsp3) is 0.143. The van der Waals surface area contributed by atoms with Crippen molar-refractivity contribution in [3.05, 3.63) is 120 Å². The maximum absolute atomic E-state index is 13.2. The highest BCUT2D eigenvalue weighted by Crippen LogP contribution is 2.12. The van der Waals surface area contributed by atoms with Gasteiger partial charge in [-0.1, -0.05) is 24.3 Å². The van der Waals surface area contributed by atoms with Crippen LogP contribution in [0.5, 0.6) is 0 Å². The molecule has 0 aliphatic rings. The molecule has 4 aromatic rings. The first-order valence-electron chi connectivity index (χ1n) is 11.9. The summed E-state index contributed by atoms with van der Waals surface area (Å²) in [6.07, 6.45) is 6.53. The second-order valence-electron chi connectivity index (χ2n) is 8.09. The van der Waals surface area contributed by atoms with Crippen molar-refractivity contribution in [2.45, 2.75) is 12.8 Å². The molecule has 10 heteroatoms. The molecule has 4 aromatic heterocycles. The van der Waals surface area contributed by atoms with E-state index in [0.717, 1.165) is 9.80 Å². The Kier molecular flexibility index (Phi) is 8.69. The Morgan fingerprint density at radius 1 is 0.447 bits per heavy atom. The Hall–Kier alpha value is -5.12. The first-order valence-corrected chi connectivity index (χ1v) is 11.9. The minimum absolute atomic E-state index is 0.0359. The summed E-state index contributed by atoms with van der Waals surface area (Å²) in [5, 5.41) is 0. The van der Waals surface area contributed by atoms with E-state index < -0.39 is 23.6 Å². The molecular formula is C28H24N6O4. The van der Waals surface area contributed by atoms with E-state index >= 15 is 0 Å². The molecule has 0 N–H and O–H groups in total. The fourth-order valence-electron chi connectivity index (χ4n) is 3.64. The summed E-state index contributed by atoms with van der Waals surface area (Å²) < 4.78 is 0. The lowest BCUT2D eigenvalue weighted by Gasteiger charge is -2.22. The van der Waals surface area contributed by atoms with Crippen molar-refractivity contribution in [1.29, 1.82) is 0 Å². The number of aromatic nitrogens is 4. The summed E-state index contributed by atoms with van der Waals surface area (Å²) in [5.74, 6) is -2.25. The van der Waals surface area contributed by atoms with Crippen LogP contribution in [0.25, 0.3) is 0 Å². The molecule has 0 aliphatic heterocycles. The Labute approximate surface area is 219 Å². The smallest absolute Gasteiger partial charge is 0.272 e. The number of rotatable bonds is 9. The van der Waals surface area contributed by atoms with Crippen LogP contribution in [0, 0.1) is 0 Å². The van der Waals surface area contributed by atoms with Crippen molar-refractivity contribution >= 4 is 23.6 Å². The van der Waals surface area contributed by atoms with Gasteiger partial charge in [-0.2, -0.15) is 0 Å². The van der Waals surface area contributed by atoms with Gasteiger partial charge in [0.15, 0.2) is 0 Å². The summed E-state index contributed by atoms with van der Waals surface area (Å²) in [6.45, 7) is 0.0718. The summed E-state index contributed by atoms with van der Waals surface area (Å²) in [5.41, 5.74) is 0.478. The predicted octanol–water partition coefficient (Wildman–Crippen LogP) is 3.31. The first kappa shape index (κ1) is 26.0. The highest BCUT2D eigenvalue weighted by Gasteiger charge is 2.27. The van der Waals surface area contributed by atoms with Crippen LogP contribution in [0.1, 0.15) is 54.8 Å². The standard InChI is InChI=1S/C28H24N6O4/c35-25(21-11-1-5-15-29-21)33(26(36)22-12-2-6-16-30-22)19-9-10-20-34(27(37)23-13-3-7-17-31-23)28(38)24-14-4-8-18-32-24/h1-8,11-18H,9-10,19-20H2. The number of hydrogen-bond donors (Lipinski definition) is 0. The van der Waals surface area contributed by atoms with Crippen LogP contribution in [0.3, 0.4) is 0 Å². The van der Waals surface area contributed by atoms with Crippen molar-refractivity contribution in [2.24, 2.45) is 0 Å². The molecule has 0 saturated carbocycles. The normalized spacial score (nSPS) is 10.4. The Bertz CT molecular complexity index is 1170. The molecule has 0 saturated heterocycles. The van der Waals surface area contributed by atoms with Gasteiger partial charge in [0, 0.05) is 37.9 Å². The average molecular weight is 509 g/mol. The predicted molar refractivity (Wildman–Crippen MR) is 137 cm³/mol. The Morgan fingerprint density at radius 3 is 0.921 bits per heavy atom. The van der Waals surface area contributed by atoms with E-state index in [1.807, 2.05) is 0 Å². The molecule has 0 unspecified atom stereocenters. The number of carbonyl (C=O) groups is 4. The molecule has 0 atom stereocenters. The van der Waals surface area contributed by atoms with E-state index in [-0.39, 0.29) is 35.9 Å². The van der Waals surface area contributed by atoms with Crippen LogP contribution in [-0.4, -0.2) is 66.5 Å². The van der Waals surface area contributed by atoms with Crippen LogP contribution in [0.4, 0.5) is 0 Å². The van der Waals surface area contributed by atoms with Gasteiger partial charge in [0.25, 0.3) is 23.6 Å². The lowest BCUT2D eigenvalue weighted by atomic mass is 10.2. The Morgan fingerprint density at radius 2 is 0.711 bits per heavy atom. The number of carbonyl (C=O) groups excluding carboxylic acids is 4. The molecule has 0 fully saturated rings. The molecular weight excluding hydrogens is 484 g/mol. The lowest BCUT2D eigenvalue weighted by Crippen LogP contribution is -2.40. The third-order valence-electron chi connectivity index (χ3n) is 5.53. The van der Waals surface area contributed by atoms with Crippen molar-refractivity contribution in [2.75, 3.05) is 13.1 Å². The van der Waals surface area contributed by atoms with Crippen molar-refractivity contribution in [1.82, 2.24) is 29.7 Å². The van der Waals surface area contributed by atoms with Crippen molar-refractivity contribution < 1.29 is 19.2 Å². The number of pyridine rings is 4. The zero-order chi connectivity index (χ0) is 26.7. The van der Waals surface area contributed by atoms with Gasteiger partial charge in [-0.15, -0.1) is 0 Å². The lowest BCUT2D eigenvalue weighted by molar-refractivity contribution is 0.0569. The topological polar surface area (TPSA) is 126 Å². The maximum atomic E-state index is 13.2. The van der Waals surface area contributed by atoms with Crippen molar-refractivity contribution in [3.8, 4) is 0 Å². The zero-order valence-corrected chi connectivity index (χ0v) is 20.4. The summed E-state index contributed by atoms with van der Waals surface area (Å²) in [4.78, 5) is 71.1. The molecule has 10 nitrogen and oxygen atoms in total. The number of imide groups is 2. The zero-order valence-electron chi connectivity index (χ0n) is 20.4. The molecule has 4 rings (SSSR count). The van der Waals surface area contributed by atoms with Gasteiger partial charge < -0.3 is 0 Å². The molecule has 0 radical (unpaired) electrons. The van der Waals surface area contributed by atoms with Crippen LogP contribution in [-0.2, 0) is 0 Å². The molecule has 0 bridgehead atoms. The van der Waals surface area contributed by atoms with Crippen LogP contribution in [0.2, 0.25) is 0 Å². The third-order valence-corrected chi connectivity index (χ3v) is 5.53. The van der Waals surface area contributed by atoms with Crippen molar-refractivity contribution in [3.63, 3.8) is 0 Å². The number of nitrogens with zero attached hydrogens (tertiary/aromatic N) is 6. The minimum atomic E-state index is -0.563. The van der Waals surface area contributed by atoms with Crippen LogP contribution in [0.15, 0.2) is 97.6 Å². The number of amides is 4. The number of unbranched alkanes of at least 4 members (excludes halogenated alkanes) is 1. The largest absolute Gasteiger partial charge is 0.279 e. The van der Waals surface area contributed by atoms with E-state index in [9.17, 15) is 19.2 Å². The van der Waals surface area contributed by atoms with Gasteiger partial charge in [-0.05, 0) is 61.4 Å². The van der Waals surface area contributed by atoms with Crippen LogP contribution < -0.4 is 0 Å². The summed E-state index contributed by atoms with van der Waals surface area (Å²) >= 11 is 0. The second-order valence-corrected chi connectivity index (χ2v) is 8.09. The van der Waals surface area contributed by atoms with Gasteiger partial charge in [0.05, 0.1) is 0 Å². The van der Waals surface area contributed by atoms with Gasteiger partial charge in [-0.3, -0.25) is 48.9 Å². The first-order chi connectivity index (χ1) is 18.6. The molecule has 0 aliphatic carbocycles. The number of hydrogen-bond acceptors (Lipinski definition) is 8. The van der Waals surface area contributed by atoms with Gasteiger partial charge in [0.2, 0.25) is 0 Å². The van der Waals surface area contributed by atoms with E-state index in [1.165, 1.54) is 49.1 Å². The van der Waals surface area contributed by atoms with E-state index in [0.29, 0.717) is 12.8 Å². The van der Waals surface area contributed by atoms with Gasteiger partial charge >= 0.3 is 0 Å². The highest BCUT2D eigenvalue weighted by atomic mass is 16.2. The molecule has 4 amide bonds. The van der Waals surface area contributed by atoms with E-state index in [1.54, 1.807) is 48.5 Å². The molecule has 190 valence electrons. The minimum Gasteiger partial charge on any atom is -0.272 e. The quantitative estimate of drug-likeness (QED) is 0.249. The molecule has 4 heterocycles. The highest BCUT2D eigenvalue weighted by molar-refractivity contribution is 6.09. The Balaban J connectivity index is 1.49. The van der Waals surface area contributed by atoms with E-state index in [4.69, 9.17) is 0 Å². The van der Waals surface area contributed by atoms with Gasteiger partial charge in [-0.25, -0.2) is 0 Å². The molecule has 0 aromatic carbocycles. The SMILES string of the molecule is O=C(c1ccccn1)N(CCCCN(C(=O)c1ccccn1)C(=O)c1ccccn1)C(=O)c1ccccn1. The average Bonchev–Trinajstić information content (AvgIpc) is 2.99. The summed E-state index contributed by atoms with van der Waals surface area (Å²) in [7, 11) is 0. The maximum Gasteiger partial charge on any atom is 0.279 e. The second kappa shape index (κ2) is 12.7. The third kappa shape index (κ3) is 6.35. The van der Waals surface area contributed by atoms with E-state index in [2.05, 4.69) is 19.9 Å². The monoisotopic (exact) mass is 508 g/mol. The van der Waals surface area contributed by atoms with Crippen LogP contribution >= 0.6 is 0 Å².